The average Bonchev–Trinajstić information content (AvgIpc) is 3.42. The fraction of sp³-hybridized carbons (Fsp3) is 0.350. The molecule has 3 amide bonds. The first-order valence-corrected chi connectivity index (χ1v) is 9.60. The number of H-pyrrole nitrogens is 1. The van der Waals surface area contributed by atoms with Gasteiger partial charge in [0.15, 0.2) is 11.5 Å². The molecule has 4 heterocycles. The first-order valence-electron chi connectivity index (χ1n) is 9.60. The topological polar surface area (TPSA) is 118 Å². The Morgan fingerprint density at radius 2 is 2.06 bits per heavy atom. The number of aryl methyl sites for hydroxylation is 2. The van der Waals surface area contributed by atoms with Crippen molar-refractivity contribution in [2.24, 2.45) is 0 Å². The Morgan fingerprint density at radius 3 is 2.74 bits per heavy atom. The quantitative estimate of drug-likeness (QED) is 0.446. The predicted molar refractivity (Wildman–Crippen MR) is 107 cm³/mol. The summed E-state index contributed by atoms with van der Waals surface area (Å²) in [6, 6.07) is 1.24. The molecule has 1 aliphatic heterocycles. The Hall–Kier alpha value is -3.89. The molecule has 3 aromatic rings. The lowest BCUT2D eigenvalue weighted by Crippen LogP contribution is -2.37. The second-order valence-corrected chi connectivity index (χ2v) is 7.12. The molecule has 31 heavy (non-hydrogen) atoms. The first kappa shape index (κ1) is 20.4. The van der Waals surface area contributed by atoms with Crippen molar-refractivity contribution in [3.63, 3.8) is 0 Å². The maximum absolute atomic E-state index is 13.0. The number of nitrogens with one attached hydrogen (secondary N) is 1. The van der Waals surface area contributed by atoms with Gasteiger partial charge >= 0.3 is 6.03 Å². The number of anilines is 1. The van der Waals surface area contributed by atoms with Crippen LogP contribution < -0.4 is 19.1 Å². The lowest BCUT2D eigenvalue weighted by atomic mass is 10.2. The molecule has 4 rings (SSSR count). The molecule has 11 heteroatoms. The third-order valence-electron chi connectivity index (χ3n) is 5.18. The number of rotatable bonds is 7. The molecular weight excluding hydrogens is 404 g/mol. The zero-order valence-electron chi connectivity index (χ0n) is 17.7. The van der Waals surface area contributed by atoms with Gasteiger partial charge in [-0.25, -0.2) is 9.69 Å². The molecule has 0 saturated carbocycles. The van der Waals surface area contributed by atoms with Gasteiger partial charge in [-0.1, -0.05) is 5.16 Å². The van der Waals surface area contributed by atoms with Crippen LogP contribution in [0.15, 0.2) is 29.2 Å². The van der Waals surface area contributed by atoms with E-state index in [1.54, 1.807) is 29.3 Å². The fourth-order valence-electron chi connectivity index (χ4n) is 3.57. The summed E-state index contributed by atoms with van der Waals surface area (Å²) in [6.07, 6.45) is 4.89. The molecule has 0 atom stereocenters. The highest BCUT2D eigenvalue weighted by Gasteiger charge is 2.39. The van der Waals surface area contributed by atoms with E-state index in [1.807, 2.05) is 13.8 Å². The van der Waals surface area contributed by atoms with Crippen LogP contribution in [0.4, 0.5) is 10.5 Å². The van der Waals surface area contributed by atoms with Gasteiger partial charge in [0.05, 0.1) is 38.2 Å². The normalized spacial score (nSPS) is 13.9. The maximum atomic E-state index is 13.0. The monoisotopic (exact) mass is 427 g/mol. The van der Waals surface area contributed by atoms with Crippen molar-refractivity contribution in [1.29, 1.82) is 0 Å². The van der Waals surface area contributed by atoms with E-state index in [9.17, 15) is 9.59 Å². The van der Waals surface area contributed by atoms with Gasteiger partial charge in [0.1, 0.15) is 23.7 Å². The van der Waals surface area contributed by atoms with Gasteiger partial charge in [0.2, 0.25) is 12.7 Å². The minimum atomic E-state index is -0.430. The van der Waals surface area contributed by atoms with Gasteiger partial charge in [0.25, 0.3) is 5.91 Å². The Bertz CT molecular complexity index is 1120. The van der Waals surface area contributed by atoms with Crippen molar-refractivity contribution in [2.75, 3.05) is 25.7 Å². The number of nitrogens with zero attached hydrogens (tertiary/aromatic N) is 5. The van der Waals surface area contributed by atoms with Crippen molar-refractivity contribution in [3.8, 4) is 11.5 Å². The number of ether oxygens (including phenoxy) is 2. The number of urea groups is 1. The van der Waals surface area contributed by atoms with Crippen LogP contribution in [0.1, 0.15) is 22.7 Å². The maximum Gasteiger partial charge on any atom is 0.332 e. The van der Waals surface area contributed by atoms with Crippen molar-refractivity contribution in [2.45, 2.75) is 26.9 Å². The Kier molecular flexibility index (Phi) is 5.32. The summed E-state index contributed by atoms with van der Waals surface area (Å²) < 4.78 is 17.6. The average molecular weight is 427 g/mol. The minimum Gasteiger partial charge on any atom is -0.493 e. The molecule has 1 fully saturated rings. The molecule has 0 unspecified atom stereocenters. The highest BCUT2D eigenvalue weighted by molar-refractivity contribution is 6.19. The van der Waals surface area contributed by atoms with Crippen LogP contribution in [0.5, 0.6) is 11.5 Å². The largest absolute Gasteiger partial charge is 0.493 e. The molecule has 162 valence electrons. The highest BCUT2D eigenvalue weighted by Crippen LogP contribution is 2.31. The van der Waals surface area contributed by atoms with Gasteiger partial charge in [-0.05, 0) is 13.8 Å². The van der Waals surface area contributed by atoms with E-state index in [4.69, 9.17) is 14.0 Å². The number of aromatic amines is 1. The Labute approximate surface area is 178 Å². The Morgan fingerprint density at radius 1 is 1.26 bits per heavy atom. The van der Waals surface area contributed by atoms with Crippen LogP contribution in [0.3, 0.4) is 0 Å². The first-order chi connectivity index (χ1) is 14.9. The summed E-state index contributed by atoms with van der Waals surface area (Å²) in [4.78, 5) is 32.5. The van der Waals surface area contributed by atoms with Crippen LogP contribution in [-0.4, -0.2) is 52.8 Å². The highest BCUT2D eigenvalue weighted by atomic mass is 16.5. The predicted octanol–water partition coefficient (Wildman–Crippen LogP) is 1.34. The second kappa shape index (κ2) is 8.09. The third kappa shape index (κ3) is 3.69. The van der Waals surface area contributed by atoms with Crippen LogP contribution >= 0.6 is 0 Å². The number of carbonyl (C=O) groups is 2. The van der Waals surface area contributed by atoms with E-state index in [1.165, 1.54) is 19.1 Å². The number of aromatic nitrogens is 4. The van der Waals surface area contributed by atoms with Gasteiger partial charge in [-0.3, -0.25) is 9.78 Å². The zero-order chi connectivity index (χ0) is 22.1. The summed E-state index contributed by atoms with van der Waals surface area (Å²) in [5.41, 5.74) is 2.69. The van der Waals surface area contributed by atoms with Crippen molar-refractivity contribution < 1.29 is 28.3 Å². The number of hydrogen-bond donors (Lipinski definition) is 1. The van der Waals surface area contributed by atoms with E-state index in [0.29, 0.717) is 29.4 Å². The van der Waals surface area contributed by atoms with Crippen molar-refractivity contribution in [3.05, 3.63) is 47.4 Å². The molecule has 0 bridgehead atoms. The molecule has 3 aromatic heterocycles. The standard InChI is InChI=1S/C20H22N6O5/c1-12-15(13(2)31-23-12)9-25-8-14(7-22-25)26-18(27)11-24(20(26)28)10-16-19(30-4)17(29-3)5-6-21-16/h5-8H,9-11H2,1-4H3/p+1. The smallest absolute Gasteiger partial charge is 0.332 e. The molecule has 1 aliphatic rings. The molecule has 0 aliphatic carbocycles. The van der Waals surface area contributed by atoms with Crippen LogP contribution in [0, 0.1) is 13.8 Å². The third-order valence-corrected chi connectivity index (χ3v) is 5.18. The Balaban J connectivity index is 1.53. The van der Waals surface area contributed by atoms with Gasteiger partial charge in [-0.2, -0.15) is 5.10 Å². The number of methoxy groups -OCH3 is 2. The van der Waals surface area contributed by atoms with E-state index in [0.717, 1.165) is 21.9 Å². The second-order valence-electron chi connectivity index (χ2n) is 7.12. The van der Waals surface area contributed by atoms with E-state index in [-0.39, 0.29) is 19.0 Å². The fourth-order valence-corrected chi connectivity index (χ4v) is 3.57. The molecule has 0 aromatic carbocycles. The molecule has 0 spiro atoms. The van der Waals surface area contributed by atoms with Crippen LogP contribution in [0.2, 0.25) is 0 Å². The SMILES string of the molecule is COc1ccnc(CN2CC(=O)N(c3c[nH][n+](Cc4c(C)noc4C)c3)C2=O)c1OC. The van der Waals surface area contributed by atoms with E-state index in [2.05, 4.69) is 15.2 Å². The lowest BCUT2D eigenvalue weighted by Gasteiger charge is -2.17. The summed E-state index contributed by atoms with van der Waals surface area (Å²) in [7, 11) is 3.03. The van der Waals surface area contributed by atoms with Gasteiger partial charge in [-0.15, -0.1) is 4.68 Å². The van der Waals surface area contributed by atoms with Gasteiger partial charge < -0.3 is 18.9 Å². The molecule has 1 saturated heterocycles. The van der Waals surface area contributed by atoms with E-state index >= 15 is 0 Å². The van der Waals surface area contributed by atoms with E-state index < -0.39 is 6.03 Å². The summed E-state index contributed by atoms with van der Waals surface area (Å²) in [5, 5.41) is 6.99. The molecule has 1 N–H and O–H groups in total. The van der Waals surface area contributed by atoms with Crippen molar-refractivity contribution in [1.82, 2.24) is 20.1 Å². The number of hydrogen-bond acceptors (Lipinski definition) is 7. The number of carbonyl (C=O) groups excluding carboxylic acids is 2. The molecular formula is C20H23N6O5+. The number of pyridine rings is 1. The zero-order valence-corrected chi connectivity index (χ0v) is 17.7. The molecule has 11 nitrogen and oxygen atoms in total. The number of amides is 3. The summed E-state index contributed by atoms with van der Waals surface area (Å²) >= 11 is 0. The van der Waals surface area contributed by atoms with Gasteiger partial charge in [0, 0.05) is 12.3 Å². The summed E-state index contributed by atoms with van der Waals surface area (Å²) in [6.45, 7) is 4.24. The molecule has 0 radical (unpaired) electrons. The minimum absolute atomic E-state index is 0.0596. The van der Waals surface area contributed by atoms with Crippen molar-refractivity contribution >= 4 is 17.6 Å². The van der Waals surface area contributed by atoms with Crippen LogP contribution in [-0.2, 0) is 17.9 Å². The van der Waals surface area contributed by atoms with Crippen LogP contribution in [0.25, 0.3) is 0 Å². The summed E-state index contributed by atoms with van der Waals surface area (Å²) in [5.74, 6) is 1.34. The lowest BCUT2D eigenvalue weighted by molar-refractivity contribution is -0.742. The number of imide groups is 1.